The monoisotopic (exact) mass is 300 g/mol. The molecule has 116 valence electrons. The predicted molar refractivity (Wildman–Crippen MR) is 87.3 cm³/mol. The van der Waals surface area contributed by atoms with Crippen LogP contribution in [0.5, 0.6) is 11.5 Å². The van der Waals surface area contributed by atoms with Gasteiger partial charge in [-0.2, -0.15) is 0 Å². The lowest BCUT2D eigenvalue weighted by Gasteiger charge is -2.17. The number of nitrogens with one attached hydrogen (secondary N) is 1. The normalized spacial score (nSPS) is 11.6. The van der Waals surface area contributed by atoms with Gasteiger partial charge in [-0.15, -0.1) is 0 Å². The van der Waals surface area contributed by atoms with Crippen molar-refractivity contribution in [2.24, 2.45) is 0 Å². The molecule has 2 aromatic carbocycles. The predicted octanol–water partition coefficient (Wildman–Crippen LogP) is 2.99. The van der Waals surface area contributed by atoms with Crippen molar-refractivity contribution >= 4 is 17.3 Å². The van der Waals surface area contributed by atoms with Gasteiger partial charge in [0.15, 0.2) is 17.6 Å². The minimum atomic E-state index is -0.658. The van der Waals surface area contributed by atoms with Crippen molar-refractivity contribution in [1.29, 1.82) is 0 Å². The zero-order valence-electron chi connectivity index (χ0n) is 12.9. The van der Waals surface area contributed by atoms with Crippen LogP contribution in [-0.4, -0.2) is 19.1 Å². The van der Waals surface area contributed by atoms with Crippen LogP contribution < -0.4 is 20.5 Å². The van der Waals surface area contributed by atoms with E-state index in [-0.39, 0.29) is 5.91 Å². The minimum absolute atomic E-state index is 0.243. The summed E-state index contributed by atoms with van der Waals surface area (Å²) in [5.74, 6) is 0.896. The Morgan fingerprint density at radius 1 is 1.14 bits per heavy atom. The fourth-order valence-electron chi connectivity index (χ4n) is 1.93. The highest BCUT2D eigenvalue weighted by Crippen LogP contribution is 2.28. The summed E-state index contributed by atoms with van der Waals surface area (Å²) in [6.45, 7) is 3.65. The minimum Gasteiger partial charge on any atom is -0.493 e. The SMILES string of the molecule is COc1cc(C)ccc1OC(C)C(=O)Nc1ccc(N)cc1. The number of nitrogen functional groups attached to an aromatic ring is 1. The van der Waals surface area contributed by atoms with Crippen molar-refractivity contribution in [2.45, 2.75) is 20.0 Å². The smallest absolute Gasteiger partial charge is 0.265 e. The van der Waals surface area contributed by atoms with E-state index < -0.39 is 6.10 Å². The molecule has 0 radical (unpaired) electrons. The molecule has 2 aromatic rings. The Morgan fingerprint density at radius 2 is 1.82 bits per heavy atom. The van der Waals surface area contributed by atoms with E-state index in [2.05, 4.69) is 5.32 Å². The average Bonchev–Trinajstić information content (AvgIpc) is 2.51. The molecule has 1 unspecified atom stereocenters. The van der Waals surface area contributed by atoms with Gasteiger partial charge >= 0.3 is 0 Å². The Bertz CT molecular complexity index is 653. The Morgan fingerprint density at radius 3 is 2.45 bits per heavy atom. The van der Waals surface area contributed by atoms with Crippen molar-refractivity contribution in [3.63, 3.8) is 0 Å². The van der Waals surface area contributed by atoms with Crippen LogP contribution in [0.15, 0.2) is 42.5 Å². The first-order valence-corrected chi connectivity index (χ1v) is 6.97. The number of nitrogens with two attached hydrogens (primary N) is 1. The molecule has 5 heteroatoms. The van der Waals surface area contributed by atoms with Gasteiger partial charge in [-0.25, -0.2) is 0 Å². The van der Waals surface area contributed by atoms with Crippen LogP contribution >= 0.6 is 0 Å². The van der Waals surface area contributed by atoms with E-state index in [1.807, 2.05) is 19.1 Å². The highest BCUT2D eigenvalue weighted by atomic mass is 16.5. The van der Waals surface area contributed by atoms with Gasteiger partial charge < -0.3 is 20.5 Å². The molecular weight excluding hydrogens is 280 g/mol. The standard InChI is InChI=1S/C17H20N2O3/c1-11-4-9-15(16(10-11)21-3)22-12(2)17(20)19-14-7-5-13(18)6-8-14/h4-10,12H,18H2,1-3H3,(H,19,20). The fraction of sp³-hybridized carbons (Fsp3) is 0.235. The van der Waals surface area contributed by atoms with E-state index in [1.165, 1.54) is 0 Å². The quantitative estimate of drug-likeness (QED) is 0.833. The molecule has 0 spiro atoms. The molecule has 0 bridgehead atoms. The molecule has 1 amide bonds. The zero-order chi connectivity index (χ0) is 16.1. The summed E-state index contributed by atoms with van der Waals surface area (Å²) in [7, 11) is 1.57. The average molecular weight is 300 g/mol. The maximum atomic E-state index is 12.2. The lowest BCUT2D eigenvalue weighted by Crippen LogP contribution is -2.30. The molecule has 0 aliphatic carbocycles. The highest BCUT2D eigenvalue weighted by molar-refractivity contribution is 5.94. The van der Waals surface area contributed by atoms with Crippen LogP contribution in [0.4, 0.5) is 11.4 Å². The Balaban J connectivity index is 2.03. The summed E-state index contributed by atoms with van der Waals surface area (Å²) in [5.41, 5.74) is 7.99. The molecule has 2 rings (SSSR count). The summed E-state index contributed by atoms with van der Waals surface area (Å²) in [6, 6.07) is 12.5. The first kappa shape index (κ1) is 15.7. The van der Waals surface area contributed by atoms with Crippen molar-refractivity contribution in [1.82, 2.24) is 0 Å². The number of rotatable bonds is 5. The number of hydrogen-bond acceptors (Lipinski definition) is 4. The van der Waals surface area contributed by atoms with Gasteiger partial charge in [0, 0.05) is 11.4 Å². The molecule has 5 nitrogen and oxygen atoms in total. The molecule has 22 heavy (non-hydrogen) atoms. The van der Waals surface area contributed by atoms with E-state index >= 15 is 0 Å². The van der Waals surface area contributed by atoms with Crippen LogP contribution in [0.1, 0.15) is 12.5 Å². The second-order valence-electron chi connectivity index (χ2n) is 5.03. The fourth-order valence-corrected chi connectivity index (χ4v) is 1.93. The number of carbonyl (C=O) groups is 1. The topological polar surface area (TPSA) is 73.6 Å². The van der Waals surface area contributed by atoms with Crippen LogP contribution in [0, 0.1) is 6.92 Å². The summed E-state index contributed by atoms with van der Waals surface area (Å²) >= 11 is 0. The van der Waals surface area contributed by atoms with Gasteiger partial charge in [0.1, 0.15) is 0 Å². The molecular formula is C17H20N2O3. The van der Waals surface area contributed by atoms with Crippen molar-refractivity contribution in [3.05, 3.63) is 48.0 Å². The molecule has 0 heterocycles. The summed E-state index contributed by atoms with van der Waals surface area (Å²) < 4.78 is 11.0. The second-order valence-corrected chi connectivity index (χ2v) is 5.03. The zero-order valence-corrected chi connectivity index (χ0v) is 12.9. The lowest BCUT2D eigenvalue weighted by atomic mass is 10.2. The number of carbonyl (C=O) groups excluding carboxylic acids is 1. The largest absolute Gasteiger partial charge is 0.493 e. The van der Waals surface area contributed by atoms with Gasteiger partial charge in [-0.3, -0.25) is 4.79 Å². The Labute approximate surface area is 130 Å². The van der Waals surface area contributed by atoms with Crippen LogP contribution in [0.3, 0.4) is 0 Å². The molecule has 0 aliphatic heterocycles. The number of aryl methyl sites for hydroxylation is 1. The van der Waals surface area contributed by atoms with E-state index in [9.17, 15) is 4.79 Å². The molecule has 3 N–H and O–H groups in total. The maximum Gasteiger partial charge on any atom is 0.265 e. The van der Waals surface area contributed by atoms with Gasteiger partial charge in [0.2, 0.25) is 0 Å². The molecule has 0 fully saturated rings. The second kappa shape index (κ2) is 6.85. The molecule has 0 saturated carbocycles. The van der Waals surface area contributed by atoms with Crippen molar-refractivity contribution < 1.29 is 14.3 Å². The number of anilines is 2. The number of amides is 1. The summed E-state index contributed by atoms with van der Waals surface area (Å²) in [5, 5.41) is 2.78. The van der Waals surface area contributed by atoms with E-state index in [0.29, 0.717) is 22.9 Å². The summed E-state index contributed by atoms with van der Waals surface area (Å²) in [6.07, 6.45) is -0.658. The Hall–Kier alpha value is -2.69. The number of methoxy groups -OCH3 is 1. The number of benzene rings is 2. The molecule has 0 aliphatic rings. The third-order valence-electron chi connectivity index (χ3n) is 3.17. The van der Waals surface area contributed by atoms with Crippen LogP contribution in [-0.2, 0) is 4.79 Å². The molecule has 1 atom stereocenters. The van der Waals surface area contributed by atoms with Crippen LogP contribution in [0.25, 0.3) is 0 Å². The van der Waals surface area contributed by atoms with E-state index in [1.54, 1.807) is 44.4 Å². The lowest BCUT2D eigenvalue weighted by molar-refractivity contribution is -0.122. The first-order valence-electron chi connectivity index (χ1n) is 6.97. The van der Waals surface area contributed by atoms with Crippen molar-refractivity contribution in [3.8, 4) is 11.5 Å². The maximum absolute atomic E-state index is 12.2. The summed E-state index contributed by atoms with van der Waals surface area (Å²) in [4.78, 5) is 12.2. The van der Waals surface area contributed by atoms with E-state index in [0.717, 1.165) is 5.56 Å². The third-order valence-corrected chi connectivity index (χ3v) is 3.17. The molecule has 0 saturated heterocycles. The Kier molecular flexibility index (Phi) is 4.88. The van der Waals surface area contributed by atoms with Gasteiger partial charge in [-0.05, 0) is 55.8 Å². The van der Waals surface area contributed by atoms with Crippen LogP contribution in [0.2, 0.25) is 0 Å². The van der Waals surface area contributed by atoms with E-state index in [4.69, 9.17) is 15.2 Å². The van der Waals surface area contributed by atoms with Gasteiger partial charge in [-0.1, -0.05) is 6.07 Å². The van der Waals surface area contributed by atoms with Crippen molar-refractivity contribution in [2.75, 3.05) is 18.2 Å². The number of ether oxygens (including phenoxy) is 2. The third kappa shape index (κ3) is 3.91. The molecule has 0 aromatic heterocycles. The first-order chi connectivity index (χ1) is 10.5. The van der Waals surface area contributed by atoms with Gasteiger partial charge in [0.05, 0.1) is 7.11 Å². The van der Waals surface area contributed by atoms with Gasteiger partial charge in [0.25, 0.3) is 5.91 Å². The number of hydrogen-bond donors (Lipinski definition) is 2. The highest BCUT2D eigenvalue weighted by Gasteiger charge is 2.17.